The average Bonchev–Trinajstić information content (AvgIpc) is 2.50. The van der Waals surface area contributed by atoms with Gasteiger partial charge >= 0.3 is 0 Å². The van der Waals surface area contributed by atoms with Gasteiger partial charge < -0.3 is 10.4 Å². The first-order valence-electron chi connectivity index (χ1n) is 8.04. The van der Waals surface area contributed by atoms with Crippen molar-refractivity contribution in [3.8, 4) is 0 Å². The summed E-state index contributed by atoms with van der Waals surface area (Å²) in [6, 6.07) is 3.81. The topological polar surface area (TPSA) is 86.7 Å². The summed E-state index contributed by atoms with van der Waals surface area (Å²) in [6.07, 6.45) is 0.224. The van der Waals surface area contributed by atoms with E-state index in [0.29, 0.717) is 18.5 Å². The lowest BCUT2D eigenvalue weighted by Crippen LogP contribution is -2.47. The van der Waals surface area contributed by atoms with E-state index in [4.69, 9.17) is 11.6 Å². The number of hydrogen-bond donors (Lipinski definition) is 2. The van der Waals surface area contributed by atoms with Gasteiger partial charge in [0.05, 0.1) is 29.2 Å². The van der Waals surface area contributed by atoms with Crippen LogP contribution in [0, 0.1) is 5.82 Å². The van der Waals surface area contributed by atoms with Crippen molar-refractivity contribution < 1.29 is 22.7 Å². The summed E-state index contributed by atoms with van der Waals surface area (Å²) >= 11 is 5.69. The van der Waals surface area contributed by atoms with Crippen LogP contribution in [0.2, 0.25) is 5.02 Å². The van der Waals surface area contributed by atoms with E-state index in [1.807, 2.05) is 0 Å². The highest BCUT2D eigenvalue weighted by molar-refractivity contribution is 7.91. The van der Waals surface area contributed by atoms with Crippen LogP contribution in [0.4, 0.5) is 10.1 Å². The molecule has 2 rings (SSSR count). The van der Waals surface area contributed by atoms with E-state index < -0.39 is 21.8 Å². The molecular formula is C16H22ClFN2O4S. The zero-order valence-electron chi connectivity index (χ0n) is 13.9. The second kappa shape index (κ2) is 8.44. The van der Waals surface area contributed by atoms with Crippen LogP contribution in [0.25, 0.3) is 0 Å². The van der Waals surface area contributed by atoms with Crippen molar-refractivity contribution in [2.24, 2.45) is 0 Å². The molecule has 0 unspecified atom stereocenters. The third-order valence-corrected chi connectivity index (χ3v) is 6.09. The van der Waals surface area contributed by atoms with Crippen LogP contribution < -0.4 is 5.32 Å². The zero-order valence-corrected chi connectivity index (χ0v) is 15.5. The molecule has 140 valence electrons. The molecule has 6 nitrogen and oxygen atoms in total. The quantitative estimate of drug-likeness (QED) is 0.769. The number of nitrogens with zero attached hydrogens (tertiary/aromatic N) is 1. The van der Waals surface area contributed by atoms with Crippen molar-refractivity contribution in [1.29, 1.82) is 0 Å². The molecular weight excluding hydrogens is 371 g/mol. The Hall–Kier alpha value is -1.22. The van der Waals surface area contributed by atoms with Crippen molar-refractivity contribution in [3.05, 3.63) is 29.0 Å². The first-order chi connectivity index (χ1) is 11.7. The van der Waals surface area contributed by atoms with Gasteiger partial charge in [-0.05, 0) is 38.0 Å². The van der Waals surface area contributed by atoms with Crippen molar-refractivity contribution in [3.63, 3.8) is 0 Å². The molecule has 0 aliphatic carbocycles. The van der Waals surface area contributed by atoms with Gasteiger partial charge in [0.25, 0.3) is 0 Å². The van der Waals surface area contributed by atoms with Crippen molar-refractivity contribution >= 4 is 33.0 Å². The molecule has 1 heterocycles. The summed E-state index contributed by atoms with van der Waals surface area (Å²) in [5.74, 6) is -0.734. The number of aliphatic hydroxyl groups excluding tert-OH is 1. The SMILES string of the molecule is C[C@@H](O)CN(CC(=O)Nc1ccc(F)c(Cl)c1)C1CCS(=O)(=O)CC1. The van der Waals surface area contributed by atoms with E-state index in [-0.39, 0.29) is 41.6 Å². The van der Waals surface area contributed by atoms with Crippen LogP contribution in [0.1, 0.15) is 19.8 Å². The van der Waals surface area contributed by atoms with E-state index >= 15 is 0 Å². The molecule has 0 saturated carbocycles. The standard InChI is InChI=1S/C16H22ClFN2O4S/c1-11(21)9-20(13-4-6-25(23,24)7-5-13)10-16(22)19-12-2-3-15(18)14(17)8-12/h2-3,8,11,13,21H,4-7,9-10H2,1H3,(H,19,22)/t11-/m1/s1. The first-order valence-corrected chi connectivity index (χ1v) is 10.2. The molecule has 1 aliphatic heterocycles. The third kappa shape index (κ3) is 6.22. The summed E-state index contributed by atoms with van der Waals surface area (Å²) in [4.78, 5) is 14.1. The Balaban J connectivity index is 2.00. The molecule has 1 aromatic carbocycles. The van der Waals surface area contributed by atoms with Crippen molar-refractivity contribution in [1.82, 2.24) is 4.90 Å². The molecule has 0 radical (unpaired) electrons. The molecule has 0 bridgehead atoms. The molecule has 1 amide bonds. The number of hydrogen-bond acceptors (Lipinski definition) is 5. The summed E-state index contributed by atoms with van der Waals surface area (Å²) in [6.45, 7) is 1.89. The summed E-state index contributed by atoms with van der Waals surface area (Å²) < 4.78 is 36.3. The van der Waals surface area contributed by atoms with Gasteiger partial charge in [0.15, 0.2) is 0 Å². The number of halogens is 2. The van der Waals surface area contributed by atoms with Crippen LogP contribution in [0.3, 0.4) is 0 Å². The molecule has 0 spiro atoms. The lowest BCUT2D eigenvalue weighted by atomic mass is 10.1. The Morgan fingerprint density at radius 3 is 2.64 bits per heavy atom. The van der Waals surface area contributed by atoms with E-state index in [1.54, 1.807) is 11.8 Å². The molecule has 1 atom stereocenters. The maximum absolute atomic E-state index is 13.2. The largest absolute Gasteiger partial charge is 0.392 e. The van der Waals surface area contributed by atoms with E-state index in [2.05, 4.69) is 5.32 Å². The highest BCUT2D eigenvalue weighted by Crippen LogP contribution is 2.21. The Morgan fingerprint density at radius 2 is 2.08 bits per heavy atom. The van der Waals surface area contributed by atoms with Crippen LogP contribution in [-0.4, -0.2) is 61.1 Å². The maximum Gasteiger partial charge on any atom is 0.238 e. The number of anilines is 1. The molecule has 1 aromatic rings. The maximum atomic E-state index is 13.2. The minimum atomic E-state index is -3.00. The number of nitrogens with one attached hydrogen (secondary N) is 1. The second-order valence-electron chi connectivity index (χ2n) is 6.34. The number of benzene rings is 1. The zero-order chi connectivity index (χ0) is 18.6. The van der Waals surface area contributed by atoms with Gasteiger partial charge in [0.2, 0.25) is 5.91 Å². The van der Waals surface area contributed by atoms with Crippen molar-refractivity contribution in [2.75, 3.05) is 29.9 Å². The summed E-state index contributed by atoms with van der Waals surface area (Å²) in [5.41, 5.74) is 0.375. The summed E-state index contributed by atoms with van der Waals surface area (Å²) in [5, 5.41) is 12.2. The normalized spacial score (nSPS) is 18.9. The van der Waals surface area contributed by atoms with Gasteiger partial charge in [-0.15, -0.1) is 0 Å². The molecule has 1 aliphatic rings. The number of carbonyl (C=O) groups is 1. The summed E-state index contributed by atoms with van der Waals surface area (Å²) in [7, 11) is -3.00. The molecule has 0 aromatic heterocycles. The van der Waals surface area contributed by atoms with Gasteiger partial charge in [-0.1, -0.05) is 11.6 Å². The highest BCUT2D eigenvalue weighted by atomic mass is 35.5. The molecule has 25 heavy (non-hydrogen) atoms. The lowest BCUT2D eigenvalue weighted by Gasteiger charge is -2.34. The van der Waals surface area contributed by atoms with Gasteiger partial charge in [0.1, 0.15) is 15.7 Å². The molecule has 2 N–H and O–H groups in total. The molecule has 9 heteroatoms. The predicted octanol–water partition coefficient (Wildman–Crippen LogP) is 1.68. The fraction of sp³-hybridized carbons (Fsp3) is 0.562. The molecule has 1 fully saturated rings. The van der Waals surface area contributed by atoms with E-state index in [9.17, 15) is 22.7 Å². The van der Waals surface area contributed by atoms with Gasteiger partial charge in [-0.25, -0.2) is 12.8 Å². The fourth-order valence-electron chi connectivity index (χ4n) is 2.88. The van der Waals surface area contributed by atoms with Crippen LogP contribution >= 0.6 is 11.6 Å². The van der Waals surface area contributed by atoms with Gasteiger partial charge in [-0.3, -0.25) is 9.69 Å². The number of amides is 1. The lowest BCUT2D eigenvalue weighted by molar-refractivity contribution is -0.118. The first kappa shape index (κ1) is 20.1. The predicted molar refractivity (Wildman–Crippen MR) is 95.0 cm³/mol. The minimum absolute atomic E-state index is 0.00457. The fourth-order valence-corrected chi connectivity index (χ4v) is 4.53. The Kier molecular flexibility index (Phi) is 6.79. The van der Waals surface area contributed by atoms with Crippen molar-refractivity contribution in [2.45, 2.75) is 31.9 Å². The minimum Gasteiger partial charge on any atom is -0.392 e. The smallest absolute Gasteiger partial charge is 0.238 e. The van der Waals surface area contributed by atoms with E-state index in [0.717, 1.165) is 6.07 Å². The monoisotopic (exact) mass is 392 g/mol. The van der Waals surface area contributed by atoms with E-state index in [1.165, 1.54) is 12.1 Å². The number of rotatable bonds is 6. The number of aliphatic hydroxyl groups is 1. The van der Waals surface area contributed by atoms with Gasteiger partial charge in [-0.2, -0.15) is 0 Å². The van der Waals surface area contributed by atoms with Crippen LogP contribution in [0.15, 0.2) is 18.2 Å². The molecule has 1 saturated heterocycles. The highest BCUT2D eigenvalue weighted by Gasteiger charge is 2.29. The number of carbonyl (C=O) groups excluding carboxylic acids is 1. The number of sulfone groups is 1. The Labute approximate surface area is 151 Å². The van der Waals surface area contributed by atoms with Crippen LogP contribution in [-0.2, 0) is 14.6 Å². The Morgan fingerprint density at radius 1 is 1.44 bits per heavy atom. The second-order valence-corrected chi connectivity index (χ2v) is 9.05. The average molecular weight is 393 g/mol. The van der Waals surface area contributed by atoms with Gasteiger partial charge in [0, 0.05) is 18.3 Å². The Bertz CT molecular complexity index is 713. The third-order valence-electron chi connectivity index (χ3n) is 4.09. The van der Waals surface area contributed by atoms with Crippen LogP contribution in [0.5, 0.6) is 0 Å².